The third kappa shape index (κ3) is 0.985. The standard InChI is InChI=1S/C13H14O/c14-12-7-4-8-13(12)9-11(13)10-5-2-1-3-6-10/h1-3,5-6,11H,4,7-9H2. The molecule has 2 aliphatic carbocycles. The van der Waals surface area contributed by atoms with Crippen molar-refractivity contribution in [1.29, 1.82) is 0 Å². The molecule has 2 unspecified atom stereocenters. The van der Waals surface area contributed by atoms with Crippen LogP contribution in [0.4, 0.5) is 0 Å². The Balaban J connectivity index is 1.89. The van der Waals surface area contributed by atoms with E-state index in [-0.39, 0.29) is 5.41 Å². The first-order valence-corrected chi connectivity index (χ1v) is 5.41. The topological polar surface area (TPSA) is 17.1 Å². The van der Waals surface area contributed by atoms with Crippen LogP contribution in [0.2, 0.25) is 0 Å². The Kier molecular flexibility index (Phi) is 1.58. The fourth-order valence-electron chi connectivity index (χ4n) is 2.96. The van der Waals surface area contributed by atoms with Gasteiger partial charge in [0.1, 0.15) is 5.78 Å². The molecule has 0 saturated heterocycles. The number of Topliss-reactive ketones (excluding diaryl/α,β-unsaturated/α-hetero) is 1. The normalized spacial score (nSPS) is 35.1. The van der Waals surface area contributed by atoms with Gasteiger partial charge in [-0.15, -0.1) is 0 Å². The molecule has 1 heteroatoms. The Labute approximate surface area is 84.1 Å². The Bertz CT molecular complexity index is 368. The molecule has 3 rings (SSSR count). The summed E-state index contributed by atoms with van der Waals surface area (Å²) in [6.07, 6.45) is 4.17. The van der Waals surface area contributed by atoms with Gasteiger partial charge in [-0.05, 0) is 30.7 Å². The Morgan fingerprint density at radius 1 is 1.21 bits per heavy atom. The van der Waals surface area contributed by atoms with E-state index in [9.17, 15) is 4.79 Å². The van der Waals surface area contributed by atoms with Gasteiger partial charge in [0.25, 0.3) is 0 Å². The molecule has 2 atom stereocenters. The van der Waals surface area contributed by atoms with E-state index in [1.807, 2.05) is 6.07 Å². The van der Waals surface area contributed by atoms with Gasteiger partial charge in [-0.25, -0.2) is 0 Å². The molecule has 1 nitrogen and oxygen atoms in total. The van der Waals surface area contributed by atoms with Crippen molar-refractivity contribution < 1.29 is 4.79 Å². The number of rotatable bonds is 1. The van der Waals surface area contributed by atoms with Crippen molar-refractivity contribution in [3.05, 3.63) is 35.9 Å². The molecule has 0 radical (unpaired) electrons. The van der Waals surface area contributed by atoms with Gasteiger partial charge in [0, 0.05) is 11.8 Å². The number of carbonyl (C=O) groups excluding carboxylic acids is 1. The summed E-state index contributed by atoms with van der Waals surface area (Å²) in [4.78, 5) is 11.7. The molecule has 0 aromatic heterocycles. The van der Waals surface area contributed by atoms with E-state index in [1.165, 1.54) is 5.56 Å². The first-order chi connectivity index (χ1) is 6.83. The lowest BCUT2D eigenvalue weighted by Crippen LogP contribution is -2.08. The van der Waals surface area contributed by atoms with Crippen molar-refractivity contribution in [2.45, 2.75) is 31.6 Å². The number of ketones is 1. The molecule has 1 spiro atoms. The molecule has 0 amide bonds. The van der Waals surface area contributed by atoms with E-state index in [0.717, 1.165) is 25.7 Å². The van der Waals surface area contributed by atoms with Gasteiger partial charge in [0.15, 0.2) is 0 Å². The minimum Gasteiger partial charge on any atom is -0.299 e. The average molecular weight is 186 g/mol. The monoisotopic (exact) mass is 186 g/mol. The molecule has 72 valence electrons. The van der Waals surface area contributed by atoms with E-state index in [1.54, 1.807) is 0 Å². The van der Waals surface area contributed by atoms with Crippen LogP contribution in [0.25, 0.3) is 0 Å². The van der Waals surface area contributed by atoms with Crippen molar-refractivity contribution in [3.8, 4) is 0 Å². The second-order valence-corrected chi connectivity index (χ2v) is 4.60. The molecule has 0 heterocycles. The van der Waals surface area contributed by atoms with Gasteiger partial charge >= 0.3 is 0 Å². The summed E-state index contributed by atoms with van der Waals surface area (Å²) in [7, 11) is 0. The summed E-state index contributed by atoms with van der Waals surface area (Å²) >= 11 is 0. The fraction of sp³-hybridized carbons (Fsp3) is 0.462. The minimum absolute atomic E-state index is 0.0847. The molecule has 0 aliphatic heterocycles. The highest BCUT2D eigenvalue weighted by Gasteiger charge is 2.61. The van der Waals surface area contributed by atoms with Crippen LogP contribution in [0.5, 0.6) is 0 Å². The van der Waals surface area contributed by atoms with Crippen LogP contribution < -0.4 is 0 Å². The molecule has 0 bridgehead atoms. The first-order valence-electron chi connectivity index (χ1n) is 5.41. The van der Waals surface area contributed by atoms with Gasteiger partial charge in [-0.1, -0.05) is 30.3 Å². The zero-order chi connectivity index (χ0) is 9.60. The summed E-state index contributed by atoms with van der Waals surface area (Å²) in [5.74, 6) is 1.06. The number of benzene rings is 1. The van der Waals surface area contributed by atoms with Crippen LogP contribution in [0, 0.1) is 5.41 Å². The molecule has 1 aromatic rings. The quantitative estimate of drug-likeness (QED) is 0.659. The lowest BCUT2D eigenvalue weighted by Gasteiger charge is -2.06. The fourth-order valence-corrected chi connectivity index (χ4v) is 2.96. The van der Waals surface area contributed by atoms with E-state index in [2.05, 4.69) is 24.3 Å². The molecule has 2 fully saturated rings. The predicted octanol–water partition coefficient (Wildman–Crippen LogP) is 2.91. The Morgan fingerprint density at radius 2 is 2.00 bits per heavy atom. The highest BCUT2D eigenvalue weighted by atomic mass is 16.1. The van der Waals surface area contributed by atoms with Gasteiger partial charge in [0.2, 0.25) is 0 Å². The lowest BCUT2D eigenvalue weighted by atomic mass is 9.97. The first kappa shape index (κ1) is 8.22. The van der Waals surface area contributed by atoms with Crippen LogP contribution in [-0.4, -0.2) is 5.78 Å². The predicted molar refractivity (Wildman–Crippen MR) is 55.1 cm³/mol. The molecule has 2 saturated carbocycles. The smallest absolute Gasteiger partial charge is 0.139 e. The van der Waals surface area contributed by atoms with E-state index >= 15 is 0 Å². The summed E-state index contributed by atoms with van der Waals surface area (Å²) < 4.78 is 0. The van der Waals surface area contributed by atoms with Crippen LogP contribution in [0.3, 0.4) is 0 Å². The van der Waals surface area contributed by atoms with Crippen molar-refractivity contribution in [1.82, 2.24) is 0 Å². The molecule has 1 aromatic carbocycles. The number of hydrogen-bond acceptors (Lipinski definition) is 1. The summed E-state index contributed by atoms with van der Waals surface area (Å²) in [5.41, 5.74) is 1.45. The third-order valence-corrected chi connectivity index (χ3v) is 3.86. The maximum absolute atomic E-state index is 11.7. The van der Waals surface area contributed by atoms with E-state index in [0.29, 0.717) is 11.7 Å². The lowest BCUT2D eigenvalue weighted by molar-refractivity contribution is -0.121. The maximum atomic E-state index is 11.7. The highest BCUT2D eigenvalue weighted by molar-refractivity contribution is 5.91. The van der Waals surface area contributed by atoms with Gasteiger partial charge < -0.3 is 0 Å². The molecule has 14 heavy (non-hydrogen) atoms. The van der Waals surface area contributed by atoms with Crippen molar-refractivity contribution in [3.63, 3.8) is 0 Å². The van der Waals surface area contributed by atoms with E-state index < -0.39 is 0 Å². The third-order valence-electron chi connectivity index (χ3n) is 3.86. The molecule has 0 N–H and O–H groups in total. The van der Waals surface area contributed by atoms with Crippen molar-refractivity contribution in [2.75, 3.05) is 0 Å². The summed E-state index contributed by atoms with van der Waals surface area (Å²) in [5, 5.41) is 0. The number of carbonyl (C=O) groups is 1. The maximum Gasteiger partial charge on any atom is 0.139 e. The van der Waals surface area contributed by atoms with Gasteiger partial charge in [0.05, 0.1) is 0 Å². The molecular weight excluding hydrogens is 172 g/mol. The summed E-state index contributed by atoms with van der Waals surface area (Å²) in [6, 6.07) is 10.5. The SMILES string of the molecule is O=C1CCCC12CC2c1ccccc1. The van der Waals surface area contributed by atoms with Crippen LogP contribution >= 0.6 is 0 Å². The Hall–Kier alpha value is -1.11. The highest BCUT2D eigenvalue weighted by Crippen LogP contribution is 2.65. The zero-order valence-electron chi connectivity index (χ0n) is 8.20. The van der Waals surface area contributed by atoms with Crippen LogP contribution in [-0.2, 0) is 4.79 Å². The van der Waals surface area contributed by atoms with E-state index in [4.69, 9.17) is 0 Å². The summed E-state index contributed by atoms with van der Waals surface area (Å²) in [6.45, 7) is 0. The zero-order valence-corrected chi connectivity index (χ0v) is 8.20. The van der Waals surface area contributed by atoms with Gasteiger partial charge in [-0.3, -0.25) is 4.79 Å². The molecule has 2 aliphatic rings. The second kappa shape index (κ2) is 2.69. The van der Waals surface area contributed by atoms with Crippen molar-refractivity contribution in [2.24, 2.45) is 5.41 Å². The Morgan fingerprint density at radius 3 is 2.64 bits per heavy atom. The molecular formula is C13H14O. The van der Waals surface area contributed by atoms with Gasteiger partial charge in [-0.2, -0.15) is 0 Å². The number of hydrogen-bond donors (Lipinski definition) is 0. The van der Waals surface area contributed by atoms with Crippen LogP contribution in [0.1, 0.15) is 37.2 Å². The largest absolute Gasteiger partial charge is 0.299 e. The average Bonchev–Trinajstić information content (AvgIpc) is 2.84. The minimum atomic E-state index is 0.0847. The second-order valence-electron chi connectivity index (χ2n) is 4.60. The van der Waals surface area contributed by atoms with Crippen LogP contribution in [0.15, 0.2) is 30.3 Å². The van der Waals surface area contributed by atoms with Crippen molar-refractivity contribution >= 4 is 5.78 Å².